The number of morpholine rings is 1. The van der Waals surface area contributed by atoms with Crippen molar-refractivity contribution >= 4 is 49.6 Å². The van der Waals surface area contributed by atoms with Crippen LogP contribution in [0.5, 0.6) is 0 Å². The van der Waals surface area contributed by atoms with Crippen LogP contribution in [0.25, 0.3) is 68.3 Å². The van der Waals surface area contributed by atoms with Crippen LogP contribution in [0, 0.1) is 75.2 Å². The quantitative estimate of drug-likeness (QED) is 0.0336. The van der Waals surface area contributed by atoms with Crippen LogP contribution >= 0.6 is 0 Å². The van der Waals surface area contributed by atoms with E-state index in [0.29, 0.717) is 54.5 Å². The molecule has 0 bridgehead atoms. The third-order valence-corrected chi connectivity index (χ3v) is 26.0. The zero-order chi connectivity index (χ0) is 98.9. The number of halogens is 4. The number of anilines is 3. The summed E-state index contributed by atoms with van der Waals surface area (Å²) in [5, 5.41) is 0.259. The predicted molar refractivity (Wildman–Crippen MR) is 540 cm³/mol. The van der Waals surface area contributed by atoms with Crippen molar-refractivity contribution < 1.29 is 130 Å². The van der Waals surface area contributed by atoms with Crippen molar-refractivity contribution in [3.63, 3.8) is 0 Å². The van der Waals surface area contributed by atoms with Crippen LogP contribution in [0.4, 0.5) is 34.6 Å². The number of ether oxygens (including phenoxy) is 2. The molecule has 0 spiro atoms. The number of hydrogen-bond donors (Lipinski definition) is 0. The summed E-state index contributed by atoms with van der Waals surface area (Å²) in [7, 11) is -5.22. The van der Waals surface area contributed by atoms with E-state index in [9.17, 15) is 26.6 Å². The number of imidazole rings is 4. The zero-order valence-electron chi connectivity index (χ0n) is 83.4. The van der Waals surface area contributed by atoms with Gasteiger partial charge in [-0.2, -0.15) is 0 Å². The molecular formula is C114H120F4Ir4N10O7S2-4. The van der Waals surface area contributed by atoms with Gasteiger partial charge in [-0.25, -0.2) is 13.2 Å². The van der Waals surface area contributed by atoms with Gasteiger partial charge in [0.15, 0.2) is 10.7 Å². The van der Waals surface area contributed by atoms with Gasteiger partial charge in [0.1, 0.15) is 16.3 Å². The number of aromatic nitrogens is 8. The van der Waals surface area contributed by atoms with Crippen LogP contribution in [0.15, 0.2) is 252 Å². The first-order valence-electron chi connectivity index (χ1n) is 46.4. The number of benzene rings is 11. The number of sulfone groups is 1. The van der Waals surface area contributed by atoms with E-state index in [-0.39, 0.29) is 177 Å². The minimum atomic E-state index is -3.87. The monoisotopic (exact) mass is 2650 g/mol. The second-order valence-corrected chi connectivity index (χ2v) is 40.8. The summed E-state index contributed by atoms with van der Waals surface area (Å²) in [5.74, 6) is 0.195. The van der Waals surface area contributed by atoms with Gasteiger partial charge in [0.2, 0.25) is 9.84 Å². The fourth-order valence-electron chi connectivity index (χ4n) is 16.9. The molecule has 1 aliphatic heterocycles. The summed E-state index contributed by atoms with van der Waals surface area (Å²) in [6, 6.07) is 77.3. The number of hydrogen-bond acceptors (Lipinski definition) is 12. The van der Waals surface area contributed by atoms with Crippen LogP contribution in [0.3, 0.4) is 0 Å². The standard InChI is InChI=1S/C34H33FN3OS.C29H35FN3O2.C27H32FN2O2.C24H20FN2O2S.4Ir/c1-23(2)29-20-27(38(25-14-8-6-9-15-25)26-16-10-7-11-17-26)21-30(24(3)4)33(29)37-22-32(40(5)39)36-34(37)28-18-12-13-19-31(28)35;1-18(2)21-10-11-24(25(30)16-21)28-31-26(29(34)32-12-14-35-15-13-32)17-33(28)27-22(19(3)4)8-7-9-23(27)20(5)6;1-16(2)19-10-9-11-20(17(3)4)24(19)30-15-23(26(31)32-27(6,7)8)29-25(30)21-13-12-18(5)14-22(21)28;1-16-13-17(2)23(18(3)14-16)27-15-22(30(28,29)19-9-5-4-6-10-19)26-24(27)20-11-7-8-12-21(20)25;;;;/h6-17,19-24H,1-5H3;7-10,16-20H,12-15H2,1-6H3;9-12,14-17H,1-8H3;4-10,12-15H,1-3H3;;;;/q4*-1;;;;. The molecule has 15 aromatic rings. The van der Waals surface area contributed by atoms with Crippen LogP contribution in [0.1, 0.15) is 241 Å². The largest absolute Gasteiger partial charge is 0.455 e. The second-order valence-electron chi connectivity index (χ2n) is 37.6. The molecule has 1 aliphatic rings. The van der Waals surface area contributed by atoms with E-state index in [0.717, 1.165) is 101 Å². The summed E-state index contributed by atoms with van der Waals surface area (Å²) in [6.45, 7) is 44.9. The minimum Gasteiger partial charge on any atom is -0.455 e. The van der Waals surface area contributed by atoms with Gasteiger partial charge in [-0.1, -0.05) is 241 Å². The van der Waals surface area contributed by atoms with Crippen molar-refractivity contribution in [1.29, 1.82) is 0 Å². The van der Waals surface area contributed by atoms with Gasteiger partial charge < -0.3 is 37.5 Å². The summed E-state index contributed by atoms with van der Waals surface area (Å²) in [5.41, 5.74) is 18.6. The molecule has 0 saturated carbocycles. The third-order valence-electron chi connectivity index (χ3n) is 23.6. The molecule has 27 heteroatoms. The number of carbonyl (C=O) groups excluding carboxylic acids is 2. The Kier molecular flexibility index (Phi) is 40.1. The van der Waals surface area contributed by atoms with E-state index in [2.05, 4.69) is 194 Å². The first kappa shape index (κ1) is 114. The molecule has 17 nitrogen and oxygen atoms in total. The third kappa shape index (κ3) is 26.3. The molecule has 748 valence electrons. The van der Waals surface area contributed by atoms with Crippen LogP contribution in [-0.2, 0) is 111 Å². The fourth-order valence-corrected chi connectivity index (χ4v) is 18.6. The number of rotatable bonds is 23. The van der Waals surface area contributed by atoms with Crippen LogP contribution < -0.4 is 4.90 Å². The first-order chi connectivity index (χ1) is 65.1. The van der Waals surface area contributed by atoms with Crippen molar-refractivity contribution in [1.82, 2.24) is 43.1 Å². The second kappa shape index (κ2) is 49.6. The van der Waals surface area contributed by atoms with Crippen molar-refractivity contribution in [3.05, 3.63) is 357 Å². The molecule has 4 aromatic heterocycles. The Morgan fingerprint density at radius 3 is 1.25 bits per heavy atom. The van der Waals surface area contributed by atoms with Crippen LogP contribution in [-0.4, -0.2) is 106 Å². The minimum absolute atomic E-state index is 0. The average molecular weight is 2650 g/mol. The molecule has 1 atom stereocenters. The number of esters is 1. The molecular weight excluding hydrogens is 2530 g/mol. The topological polar surface area (TPSA) is 182 Å². The van der Waals surface area contributed by atoms with Gasteiger partial charge in [0.25, 0.3) is 5.91 Å². The summed E-state index contributed by atoms with van der Waals surface area (Å²) >= 11 is 0. The molecule has 11 aromatic carbocycles. The van der Waals surface area contributed by atoms with E-state index in [1.54, 1.807) is 104 Å². The van der Waals surface area contributed by atoms with E-state index in [1.807, 2.05) is 116 Å². The molecule has 1 amide bonds. The summed E-state index contributed by atoms with van der Waals surface area (Å²) < 4.78 is 117. The number of amides is 1. The number of nitrogens with zero attached hydrogens (tertiary/aromatic N) is 10. The maximum Gasteiger partial charge on any atom is 0.358 e. The number of para-hydroxylation sites is 4. The number of aryl methyl sites for hydroxylation is 4. The maximum absolute atomic E-state index is 15.5. The molecule has 4 radical (unpaired) electrons. The maximum atomic E-state index is 15.5. The van der Waals surface area contributed by atoms with Crippen LogP contribution in [0.2, 0.25) is 0 Å². The van der Waals surface area contributed by atoms with Gasteiger partial charge in [-0.15, -0.1) is 96.1 Å². The molecule has 141 heavy (non-hydrogen) atoms. The van der Waals surface area contributed by atoms with Gasteiger partial charge in [0, 0.05) is 188 Å². The Morgan fingerprint density at radius 1 is 0.426 bits per heavy atom. The van der Waals surface area contributed by atoms with Crippen molar-refractivity contribution in [2.45, 2.75) is 207 Å². The van der Waals surface area contributed by atoms with Crippen molar-refractivity contribution in [3.8, 4) is 68.3 Å². The molecule has 1 fully saturated rings. The molecule has 1 unspecified atom stereocenters. The van der Waals surface area contributed by atoms with Gasteiger partial charge >= 0.3 is 5.97 Å². The SMILES string of the molecule is CC(C)c1c[c-]c(-c2nc(C(=O)N3CCOCC3)cn2-c2c(C(C)C)cccc2C(C)C)c(F)c1.CC(C)c1cc(N(c2ccccc2)c2ccccc2)cc(C(C)C)c1-n1cc(S(C)=O)nc1-c1[c-]cccc1F.Cc1c[c-]c(-c2nc(C(=O)OC(C)(C)C)cn2-c2c(C(C)C)cccc2C(C)C)c(F)c1.Cc1cc(C)c(-n2cc(S(=O)(=O)c3ccccc3)nc2-c2[c-]cccc2F)c(C)c1.[Ir].[Ir].[Ir].[Ir]. The van der Waals surface area contributed by atoms with E-state index in [1.165, 1.54) is 42.6 Å². The average Bonchev–Trinajstić information content (AvgIpc) is 1.67. The van der Waals surface area contributed by atoms with Crippen molar-refractivity contribution in [2.75, 3.05) is 37.5 Å². The number of carbonyl (C=O) groups is 2. The summed E-state index contributed by atoms with van der Waals surface area (Å²) in [6.07, 6.45) is 8.26. The smallest absolute Gasteiger partial charge is 0.358 e. The van der Waals surface area contributed by atoms with Crippen molar-refractivity contribution in [2.24, 2.45) is 0 Å². The predicted octanol–water partition coefficient (Wildman–Crippen LogP) is 27.5. The Morgan fingerprint density at radius 2 is 0.823 bits per heavy atom. The van der Waals surface area contributed by atoms with Gasteiger partial charge in [-0.3, -0.25) is 46.5 Å². The molecule has 0 N–H and O–H groups in total. The molecule has 16 rings (SSSR count). The normalized spacial score (nSPS) is 12.2. The molecule has 0 aliphatic carbocycles. The summed E-state index contributed by atoms with van der Waals surface area (Å²) in [4.78, 5) is 48.7. The Bertz CT molecular complexity index is 6870. The van der Waals surface area contributed by atoms with E-state index >= 15 is 13.2 Å². The fraction of sp³-hybridized carbons (Fsp3) is 0.298. The Labute approximate surface area is 885 Å². The van der Waals surface area contributed by atoms with E-state index in [4.69, 9.17) is 14.5 Å². The van der Waals surface area contributed by atoms with Gasteiger partial charge in [-0.05, 0) is 170 Å². The molecule has 1 saturated heterocycles. The van der Waals surface area contributed by atoms with Gasteiger partial charge in [0.05, 0.1) is 52.2 Å². The zero-order valence-corrected chi connectivity index (χ0v) is 94.6. The Balaban J connectivity index is 0.000000209. The van der Waals surface area contributed by atoms with E-state index < -0.39 is 49.7 Å². The first-order valence-corrected chi connectivity index (χ1v) is 49.4. The molecule has 5 heterocycles. The Hall–Kier alpha value is -10.6.